The van der Waals surface area contributed by atoms with Crippen molar-refractivity contribution >= 4 is 5.65 Å². The number of imidazole rings is 1. The first-order chi connectivity index (χ1) is 7.29. The van der Waals surface area contributed by atoms with E-state index in [4.69, 9.17) is 0 Å². The lowest BCUT2D eigenvalue weighted by Crippen LogP contribution is -1.84. The summed E-state index contributed by atoms with van der Waals surface area (Å²) in [5, 5.41) is 0. The van der Waals surface area contributed by atoms with Crippen LogP contribution in [0.15, 0.2) is 24.4 Å². The Kier molecular flexibility index (Phi) is 6.43. The molecule has 15 heavy (non-hydrogen) atoms. The van der Waals surface area contributed by atoms with E-state index >= 15 is 0 Å². The molecule has 2 aromatic heterocycles. The van der Waals surface area contributed by atoms with E-state index in [1.54, 1.807) is 0 Å². The van der Waals surface area contributed by atoms with Crippen molar-refractivity contribution in [2.24, 2.45) is 0 Å². The lowest BCUT2D eigenvalue weighted by Gasteiger charge is -1.92. The number of rotatable bonds is 0. The van der Waals surface area contributed by atoms with E-state index in [0.717, 1.165) is 11.3 Å². The number of hydrogen-bond acceptors (Lipinski definition) is 1. The average Bonchev–Trinajstić information content (AvgIpc) is 2.61. The van der Waals surface area contributed by atoms with E-state index in [9.17, 15) is 0 Å². The Morgan fingerprint density at radius 2 is 1.60 bits per heavy atom. The Balaban J connectivity index is 0.000000442. The fraction of sp³-hybridized carbons (Fsp3) is 0.462. The number of hydrogen-bond donors (Lipinski definition) is 0. The molecule has 0 bridgehead atoms. The second-order valence-electron chi connectivity index (χ2n) is 2.71. The number of pyridine rings is 1. The molecule has 0 fully saturated rings. The van der Waals surface area contributed by atoms with E-state index in [0.29, 0.717) is 0 Å². The second kappa shape index (κ2) is 7.04. The molecule has 0 aliphatic heterocycles. The van der Waals surface area contributed by atoms with Gasteiger partial charge in [0.25, 0.3) is 0 Å². The Morgan fingerprint density at radius 3 is 2.13 bits per heavy atom. The van der Waals surface area contributed by atoms with Crippen molar-refractivity contribution in [2.75, 3.05) is 0 Å². The first-order valence-electron chi connectivity index (χ1n) is 5.69. The molecule has 84 valence electrons. The van der Waals surface area contributed by atoms with Gasteiger partial charge in [-0.05, 0) is 26.0 Å². The molecule has 0 saturated heterocycles. The first kappa shape index (κ1) is 13.7. The Hall–Kier alpha value is -1.31. The summed E-state index contributed by atoms with van der Waals surface area (Å²) >= 11 is 0. The van der Waals surface area contributed by atoms with Crippen molar-refractivity contribution in [3.63, 3.8) is 0 Å². The lowest BCUT2D eigenvalue weighted by atomic mass is 10.4. The van der Waals surface area contributed by atoms with Gasteiger partial charge >= 0.3 is 0 Å². The zero-order valence-electron chi connectivity index (χ0n) is 10.7. The molecule has 0 aromatic carbocycles. The average molecular weight is 206 g/mol. The summed E-state index contributed by atoms with van der Waals surface area (Å²) in [4.78, 5) is 4.38. The van der Waals surface area contributed by atoms with Crippen molar-refractivity contribution in [3.05, 3.63) is 35.8 Å². The van der Waals surface area contributed by atoms with Gasteiger partial charge < -0.3 is 4.40 Å². The Labute approximate surface area is 93.0 Å². The van der Waals surface area contributed by atoms with Crippen LogP contribution in [0.25, 0.3) is 5.65 Å². The second-order valence-corrected chi connectivity index (χ2v) is 2.71. The predicted molar refractivity (Wildman–Crippen MR) is 67.4 cm³/mol. The molecule has 0 unspecified atom stereocenters. The zero-order valence-corrected chi connectivity index (χ0v) is 10.7. The monoisotopic (exact) mass is 206 g/mol. The number of nitrogens with zero attached hydrogens (tertiary/aromatic N) is 2. The van der Waals surface area contributed by atoms with Crippen LogP contribution in [0.1, 0.15) is 39.1 Å². The van der Waals surface area contributed by atoms with E-state index in [1.807, 2.05) is 59.0 Å². The fourth-order valence-corrected chi connectivity index (χ4v) is 1.24. The molecule has 0 N–H and O–H groups in total. The van der Waals surface area contributed by atoms with Crippen LogP contribution in [0.2, 0.25) is 0 Å². The topological polar surface area (TPSA) is 17.3 Å². The molecule has 2 heterocycles. The molecule has 0 amide bonds. The Morgan fingerprint density at radius 1 is 1.00 bits per heavy atom. The summed E-state index contributed by atoms with van der Waals surface area (Å²) < 4.78 is 2.09. The van der Waals surface area contributed by atoms with Crippen molar-refractivity contribution in [2.45, 2.75) is 41.5 Å². The third kappa shape index (κ3) is 3.08. The molecule has 0 atom stereocenters. The van der Waals surface area contributed by atoms with Gasteiger partial charge in [-0.3, -0.25) is 0 Å². The van der Waals surface area contributed by atoms with Crippen LogP contribution in [-0.4, -0.2) is 9.38 Å². The number of aryl methyl sites for hydroxylation is 2. The molecule has 2 nitrogen and oxygen atoms in total. The molecule has 0 spiro atoms. The molecule has 2 rings (SSSR count). The maximum absolute atomic E-state index is 4.38. The summed E-state index contributed by atoms with van der Waals surface area (Å²) in [6.07, 6.45) is 2.03. The highest BCUT2D eigenvalue weighted by Gasteiger charge is 2.00. The highest BCUT2D eigenvalue weighted by Crippen LogP contribution is 2.08. The van der Waals surface area contributed by atoms with Crippen molar-refractivity contribution < 1.29 is 0 Å². The molecular weight excluding hydrogens is 184 g/mol. The van der Waals surface area contributed by atoms with Crippen LogP contribution in [0, 0.1) is 13.8 Å². The molecule has 2 heteroatoms. The summed E-state index contributed by atoms with van der Waals surface area (Å²) in [7, 11) is 0. The van der Waals surface area contributed by atoms with Crippen molar-refractivity contribution in [3.8, 4) is 0 Å². The van der Waals surface area contributed by atoms with E-state index in [2.05, 4.69) is 16.3 Å². The highest BCUT2D eigenvalue weighted by molar-refractivity contribution is 5.42. The fourth-order valence-electron chi connectivity index (χ4n) is 1.24. The Bertz CT molecular complexity index is 388. The van der Waals surface area contributed by atoms with Crippen molar-refractivity contribution in [1.82, 2.24) is 9.38 Å². The first-order valence-corrected chi connectivity index (χ1v) is 5.69. The van der Waals surface area contributed by atoms with Gasteiger partial charge in [0.05, 0.1) is 5.69 Å². The maximum Gasteiger partial charge on any atom is 0.137 e. The van der Waals surface area contributed by atoms with Gasteiger partial charge in [-0.1, -0.05) is 33.8 Å². The van der Waals surface area contributed by atoms with Crippen LogP contribution in [0.5, 0.6) is 0 Å². The summed E-state index contributed by atoms with van der Waals surface area (Å²) in [5.41, 5.74) is 3.36. The van der Waals surface area contributed by atoms with Crippen LogP contribution in [0.4, 0.5) is 0 Å². The van der Waals surface area contributed by atoms with Gasteiger partial charge in [0.1, 0.15) is 5.65 Å². The quantitative estimate of drug-likeness (QED) is 0.636. The standard InChI is InChI=1S/C9H10N2.2C2H6/c1-7-8(2)11-6-4-3-5-9(11)10-7;2*1-2/h3-6H,1-2H3;2*1-2H3. The van der Waals surface area contributed by atoms with Crippen molar-refractivity contribution in [1.29, 1.82) is 0 Å². The summed E-state index contributed by atoms with van der Waals surface area (Å²) in [6.45, 7) is 12.1. The number of aromatic nitrogens is 2. The highest BCUT2D eigenvalue weighted by atomic mass is 15.0. The van der Waals surface area contributed by atoms with E-state index < -0.39 is 0 Å². The van der Waals surface area contributed by atoms with Gasteiger partial charge in [-0.2, -0.15) is 0 Å². The minimum atomic E-state index is 1.03. The zero-order chi connectivity index (χ0) is 11.8. The van der Waals surface area contributed by atoms with E-state index in [1.165, 1.54) is 5.69 Å². The summed E-state index contributed by atoms with van der Waals surface area (Å²) in [5.74, 6) is 0. The van der Waals surface area contributed by atoms with Gasteiger partial charge in [0.2, 0.25) is 0 Å². The number of fused-ring (bicyclic) bond motifs is 1. The predicted octanol–water partition coefficient (Wildman–Crippen LogP) is 4.00. The minimum Gasteiger partial charge on any atom is -0.304 e. The minimum absolute atomic E-state index is 1.03. The van der Waals surface area contributed by atoms with Crippen LogP contribution >= 0.6 is 0 Å². The van der Waals surface area contributed by atoms with Gasteiger partial charge in [-0.15, -0.1) is 0 Å². The van der Waals surface area contributed by atoms with Crippen LogP contribution in [-0.2, 0) is 0 Å². The smallest absolute Gasteiger partial charge is 0.137 e. The van der Waals surface area contributed by atoms with Gasteiger partial charge in [0, 0.05) is 11.9 Å². The normalized spacial score (nSPS) is 8.67. The largest absolute Gasteiger partial charge is 0.304 e. The SMILES string of the molecule is CC.CC.Cc1nc2ccccn2c1C. The third-order valence-electron chi connectivity index (χ3n) is 2.01. The van der Waals surface area contributed by atoms with Gasteiger partial charge in [0.15, 0.2) is 0 Å². The van der Waals surface area contributed by atoms with E-state index in [-0.39, 0.29) is 0 Å². The molecule has 0 aliphatic carbocycles. The summed E-state index contributed by atoms with van der Waals surface area (Å²) in [6, 6.07) is 6.03. The lowest BCUT2D eigenvalue weighted by molar-refractivity contribution is 1.09. The molecule has 0 saturated carbocycles. The molecule has 0 aliphatic rings. The van der Waals surface area contributed by atoms with Crippen LogP contribution < -0.4 is 0 Å². The van der Waals surface area contributed by atoms with Gasteiger partial charge in [-0.25, -0.2) is 4.98 Å². The van der Waals surface area contributed by atoms with Crippen LogP contribution in [0.3, 0.4) is 0 Å². The maximum atomic E-state index is 4.38. The molecule has 0 radical (unpaired) electrons. The molecular formula is C13H22N2. The third-order valence-corrected chi connectivity index (χ3v) is 2.01. The molecule has 2 aromatic rings.